The Morgan fingerprint density at radius 3 is 2.31 bits per heavy atom. The number of carboxylic acid groups (broad SMARTS) is 1. The quantitative estimate of drug-likeness (QED) is 0.488. The van der Waals surface area contributed by atoms with E-state index < -0.39 is 12.6 Å². The van der Waals surface area contributed by atoms with Crippen molar-refractivity contribution in [2.75, 3.05) is 6.61 Å². The first kappa shape index (κ1) is 16.6. The number of para-hydroxylation sites is 1. The molecule has 0 heterocycles. The van der Waals surface area contributed by atoms with Gasteiger partial charge in [-0.1, -0.05) is 18.2 Å². The van der Waals surface area contributed by atoms with Crippen molar-refractivity contribution in [3.05, 3.63) is 30.3 Å². The van der Waals surface area contributed by atoms with E-state index >= 15 is 0 Å². The molecule has 0 saturated carbocycles. The van der Waals surface area contributed by atoms with Crippen molar-refractivity contribution in [2.45, 2.75) is 0 Å². The molecule has 0 saturated heterocycles. The fraction of sp³-hybridized carbons (Fsp3) is 0.125. The Kier molecular flexibility index (Phi) is 12.3. The zero-order valence-corrected chi connectivity index (χ0v) is 12.9. The molecule has 3 nitrogen and oxygen atoms in total. The minimum Gasteiger partial charge on any atom is -0.546 e. The number of hydrogen-bond acceptors (Lipinski definition) is 3. The number of hydrogen-bond donors (Lipinski definition) is 0. The summed E-state index contributed by atoms with van der Waals surface area (Å²) in [5.74, 6) is -0.675. The fourth-order valence-corrected chi connectivity index (χ4v) is 0.659. The molecule has 0 aliphatic rings. The van der Waals surface area contributed by atoms with Gasteiger partial charge in [0.15, 0.2) is 0 Å². The Hall–Kier alpha value is 1.13. The van der Waals surface area contributed by atoms with Gasteiger partial charge in [0.25, 0.3) is 0 Å². The summed E-state index contributed by atoms with van der Waals surface area (Å²) in [6.07, 6.45) is 0. The van der Waals surface area contributed by atoms with E-state index in [0.717, 1.165) is 0 Å². The monoisotopic (exact) mass is 213 g/mol. The standard InChI is InChI=1S/C8H8O3.K.Na/c9-8(10)6-11-7-4-2-1-3-5-7;;/h1-5H,6H2,(H,9,10);;/q;+1;/p-1. The number of ether oxygens (including phenoxy) is 1. The third-order valence-corrected chi connectivity index (χ3v) is 1.10. The van der Waals surface area contributed by atoms with Gasteiger partial charge in [-0.3, -0.25) is 0 Å². The van der Waals surface area contributed by atoms with E-state index in [1.807, 2.05) is 6.07 Å². The van der Waals surface area contributed by atoms with Gasteiger partial charge in [-0.25, -0.2) is 0 Å². The number of benzene rings is 1. The van der Waals surface area contributed by atoms with Crippen molar-refractivity contribution in [3.8, 4) is 5.75 Å². The Labute approximate surface area is 142 Å². The summed E-state index contributed by atoms with van der Waals surface area (Å²) in [5.41, 5.74) is 0. The first-order valence-corrected chi connectivity index (χ1v) is 3.17. The van der Waals surface area contributed by atoms with E-state index in [4.69, 9.17) is 4.74 Å². The molecule has 0 aromatic heterocycles. The van der Waals surface area contributed by atoms with Crippen LogP contribution in [-0.2, 0) is 4.79 Å². The first-order valence-electron chi connectivity index (χ1n) is 3.17. The Morgan fingerprint density at radius 1 is 1.31 bits per heavy atom. The van der Waals surface area contributed by atoms with E-state index in [-0.39, 0.29) is 80.9 Å². The number of rotatable bonds is 3. The second-order valence-electron chi connectivity index (χ2n) is 1.97. The van der Waals surface area contributed by atoms with Crippen molar-refractivity contribution in [1.82, 2.24) is 0 Å². The van der Waals surface area contributed by atoms with Crippen molar-refractivity contribution in [1.29, 1.82) is 0 Å². The molecular weight excluding hydrogens is 206 g/mol. The van der Waals surface area contributed by atoms with E-state index in [1.54, 1.807) is 24.3 Å². The smallest absolute Gasteiger partial charge is 0.546 e. The fourth-order valence-electron chi connectivity index (χ4n) is 0.659. The van der Waals surface area contributed by atoms with Crippen LogP contribution >= 0.6 is 0 Å². The maximum absolute atomic E-state index is 9.94. The molecule has 0 aliphatic heterocycles. The Morgan fingerprint density at radius 2 is 1.85 bits per heavy atom. The molecule has 1 aromatic carbocycles. The number of carbonyl (C=O) groups is 1. The molecule has 0 amide bonds. The zero-order chi connectivity index (χ0) is 8.10. The third-order valence-electron chi connectivity index (χ3n) is 1.10. The SMILES string of the molecule is O=C([O-])COc1ccccc1.[K+].[Na]. The molecule has 1 radical (unpaired) electrons. The predicted molar refractivity (Wildman–Crippen MR) is 42.7 cm³/mol. The molecule has 13 heavy (non-hydrogen) atoms. The van der Waals surface area contributed by atoms with Crippen molar-refractivity contribution in [3.63, 3.8) is 0 Å². The van der Waals surface area contributed by atoms with Crippen LogP contribution in [0.1, 0.15) is 0 Å². The normalized spacial score (nSPS) is 7.69. The molecule has 0 fully saturated rings. The molecule has 1 rings (SSSR count). The minimum absolute atomic E-state index is 0. The van der Waals surface area contributed by atoms with E-state index in [2.05, 4.69) is 0 Å². The van der Waals surface area contributed by atoms with Gasteiger partial charge in [-0.15, -0.1) is 0 Å². The van der Waals surface area contributed by atoms with Gasteiger partial charge >= 0.3 is 51.4 Å². The predicted octanol–water partition coefficient (Wildman–Crippen LogP) is -3.56. The first-order chi connectivity index (χ1) is 5.29. The molecule has 59 valence electrons. The summed E-state index contributed by atoms with van der Waals surface area (Å²) in [4.78, 5) is 9.94. The third kappa shape index (κ3) is 8.14. The Bertz CT molecular complexity index is 240. The van der Waals surface area contributed by atoms with Crippen molar-refractivity contribution in [2.24, 2.45) is 0 Å². The molecular formula is C8H7KNaO3. The summed E-state index contributed by atoms with van der Waals surface area (Å²) in [6, 6.07) is 8.73. The number of aliphatic carboxylic acids is 1. The summed E-state index contributed by atoms with van der Waals surface area (Å²) < 4.78 is 4.81. The maximum atomic E-state index is 9.94. The van der Waals surface area contributed by atoms with Crippen LogP contribution in [-0.4, -0.2) is 42.1 Å². The van der Waals surface area contributed by atoms with Gasteiger partial charge < -0.3 is 14.6 Å². The van der Waals surface area contributed by atoms with Crippen molar-refractivity contribution >= 4 is 35.5 Å². The molecule has 0 bridgehead atoms. The van der Waals surface area contributed by atoms with Crippen molar-refractivity contribution < 1.29 is 66.0 Å². The molecule has 5 heteroatoms. The van der Waals surface area contributed by atoms with Crippen LogP contribution in [0.2, 0.25) is 0 Å². The van der Waals surface area contributed by atoms with Crippen LogP contribution in [0.5, 0.6) is 5.75 Å². The number of carboxylic acids is 1. The maximum Gasteiger partial charge on any atom is 1.00 e. The number of carbonyl (C=O) groups excluding carboxylic acids is 1. The van der Waals surface area contributed by atoms with Crippen LogP contribution in [0.4, 0.5) is 0 Å². The van der Waals surface area contributed by atoms with Crippen LogP contribution in [0.25, 0.3) is 0 Å². The largest absolute Gasteiger partial charge is 1.00 e. The van der Waals surface area contributed by atoms with Gasteiger partial charge in [0, 0.05) is 29.6 Å². The molecule has 0 N–H and O–H groups in total. The summed E-state index contributed by atoms with van der Waals surface area (Å²) in [6.45, 7) is -0.399. The topological polar surface area (TPSA) is 49.4 Å². The molecule has 0 spiro atoms. The average Bonchev–Trinajstić information content (AvgIpc) is 2.03. The molecule has 0 unspecified atom stereocenters. The van der Waals surface area contributed by atoms with E-state index in [9.17, 15) is 9.90 Å². The van der Waals surface area contributed by atoms with Crippen LogP contribution in [0.3, 0.4) is 0 Å². The second-order valence-corrected chi connectivity index (χ2v) is 1.97. The summed E-state index contributed by atoms with van der Waals surface area (Å²) in [5, 5.41) is 9.94. The van der Waals surface area contributed by atoms with Gasteiger partial charge in [0.2, 0.25) is 0 Å². The Balaban J connectivity index is 0. The average molecular weight is 213 g/mol. The molecule has 0 aliphatic carbocycles. The second kappa shape index (κ2) is 9.67. The van der Waals surface area contributed by atoms with Crippen LogP contribution in [0, 0.1) is 0 Å². The van der Waals surface area contributed by atoms with E-state index in [1.165, 1.54) is 0 Å². The zero-order valence-electron chi connectivity index (χ0n) is 7.82. The van der Waals surface area contributed by atoms with Gasteiger partial charge in [-0.2, -0.15) is 0 Å². The van der Waals surface area contributed by atoms with Gasteiger partial charge in [-0.05, 0) is 12.1 Å². The summed E-state index contributed by atoms with van der Waals surface area (Å²) in [7, 11) is 0. The van der Waals surface area contributed by atoms with Crippen LogP contribution < -0.4 is 61.2 Å². The minimum atomic E-state index is -1.21. The summed E-state index contributed by atoms with van der Waals surface area (Å²) >= 11 is 0. The van der Waals surface area contributed by atoms with E-state index in [0.29, 0.717) is 5.75 Å². The van der Waals surface area contributed by atoms with Gasteiger partial charge in [0.05, 0.1) is 5.97 Å². The van der Waals surface area contributed by atoms with Gasteiger partial charge in [0.1, 0.15) is 12.4 Å². The molecule has 0 atom stereocenters. The van der Waals surface area contributed by atoms with Crippen LogP contribution in [0.15, 0.2) is 30.3 Å². The molecule has 1 aromatic rings.